The van der Waals surface area contributed by atoms with Crippen LogP contribution >= 0.6 is 0 Å². The van der Waals surface area contributed by atoms with E-state index in [1.54, 1.807) is 14.2 Å². The van der Waals surface area contributed by atoms with E-state index in [1.165, 1.54) is 32.1 Å². The smallest absolute Gasteiger partial charge is 0.123 e. The third kappa shape index (κ3) is 4.92. The summed E-state index contributed by atoms with van der Waals surface area (Å²) >= 11 is 0. The van der Waals surface area contributed by atoms with Crippen molar-refractivity contribution in [1.82, 2.24) is 5.32 Å². The molecule has 118 valence electrons. The van der Waals surface area contributed by atoms with E-state index in [0.29, 0.717) is 0 Å². The molecule has 1 aliphatic rings. The van der Waals surface area contributed by atoms with Crippen molar-refractivity contribution >= 4 is 0 Å². The Hall–Kier alpha value is -1.22. The lowest BCUT2D eigenvalue weighted by Gasteiger charge is -2.26. The van der Waals surface area contributed by atoms with Gasteiger partial charge in [-0.15, -0.1) is 0 Å². The summed E-state index contributed by atoms with van der Waals surface area (Å²) in [5.41, 5.74) is 1.16. The maximum Gasteiger partial charge on any atom is 0.123 e. The third-order valence-corrected chi connectivity index (χ3v) is 4.58. The molecule has 1 saturated carbocycles. The summed E-state index contributed by atoms with van der Waals surface area (Å²) in [4.78, 5) is 0. The highest BCUT2D eigenvalue weighted by molar-refractivity contribution is 5.40. The van der Waals surface area contributed by atoms with Crippen LogP contribution in [0.1, 0.15) is 44.6 Å². The monoisotopic (exact) mass is 291 g/mol. The lowest BCUT2D eigenvalue weighted by Crippen LogP contribution is -2.21. The number of nitrogens with one attached hydrogen (secondary N) is 1. The van der Waals surface area contributed by atoms with E-state index in [2.05, 4.69) is 18.3 Å². The SMILES string of the molecule is COc1ccc(OC)c(CNCCC2CCCC(C)C2)c1. The van der Waals surface area contributed by atoms with Crippen molar-refractivity contribution in [1.29, 1.82) is 0 Å². The van der Waals surface area contributed by atoms with Gasteiger partial charge in [0.05, 0.1) is 14.2 Å². The quantitative estimate of drug-likeness (QED) is 0.770. The van der Waals surface area contributed by atoms with Gasteiger partial charge in [-0.1, -0.05) is 26.2 Å². The zero-order valence-electron chi connectivity index (χ0n) is 13.7. The van der Waals surface area contributed by atoms with Crippen molar-refractivity contribution in [3.05, 3.63) is 23.8 Å². The van der Waals surface area contributed by atoms with Crippen molar-refractivity contribution in [2.24, 2.45) is 11.8 Å². The number of ether oxygens (including phenoxy) is 2. The Morgan fingerprint density at radius 2 is 2.05 bits per heavy atom. The Kier molecular flexibility index (Phi) is 6.37. The van der Waals surface area contributed by atoms with Gasteiger partial charge in [-0.25, -0.2) is 0 Å². The summed E-state index contributed by atoms with van der Waals surface area (Å²) in [6.07, 6.45) is 6.94. The fraction of sp³-hybridized carbons (Fsp3) is 0.667. The molecular weight excluding hydrogens is 262 g/mol. The van der Waals surface area contributed by atoms with Gasteiger partial charge in [-0.3, -0.25) is 0 Å². The predicted molar refractivity (Wildman–Crippen MR) is 87.0 cm³/mol. The molecule has 0 amide bonds. The van der Waals surface area contributed by atoms with Gasteiger partial charge >= 0.3 is 0 Å². The fourth-order valence-electron chi connectivity index (χ4n) is 3.37. The van der Waals surface area contributed by atoms with Crippen molar-refractivity contribution in [3.63, 3.8) is 0 Å². The van der Waals surface area contributed by atoms with Gasteiger partial charge in [0.2, 0.25) is 0 Å². The minimum absolute atomic E-state index is 0.836. The number of benzene rings is 1. The molecular formula is C18H29NO2. The van der Waals surface area contributed by atoms with Crippen LogP contribution < -0.4 is 14.8 Å². The minimum atomic E-state index is 0.836. The Bertz CT molecular complexity index is 433. The first-order chi connectivity index (χ1) is 10.2. The van der Waals surface area contributed by atoms with Crippen LogP contribution in [0.15, 0.2) is 18.2 Å². The molecule has 0 aliphatic heterocycles. The van der Waals surface area contributed by atoms with Gasteiger partial charge in [-0.2, -0.15) is 0 Å². The van der Waals surface area contributed by atoms with E-state index in [0.717, 1.165) is 42.0 Å². The molecule has 1 fully saturated rings. The Morgan fingerprint density at radius 3 is 2.76 bits per heavy atom. The van der Waals surface area contributed by atoms with Gasteiger partial charge in [0.15, 0.2) is 0 Å². The van der Waals surface area contributed by atoms with E-state index >= 15 is 0 Å². The Morgan fingerprint density at radius 1 is 1.19 bits per heavy atom. The van der Waals surface area contributed by atoms with Gasteiger partial charge in [0.25, 0.3) is 0 Å². The van der Waals surface area contributed by atoms with Crippen LogP contribution in [0.5, 0.6) is 11.5 Å². The first kappa shape index (κ1) is 16.2. The zero-order chi connectivity index (χ0) is 15.1. The number of hydrogen-bond acceptors (Lipinski definition) is 3. The molecule has 2 unspecified atom stereocenters. The van der Waals surface area contributed by atoms with Crippen LogP contribution in [-0.2, 0) is 6.54 Å². The second-order valence-electron chi connectivity index (χ2n) is 6.28. The first-order valence-corrected chi connectivity index (χ1v) is 8.14. The molecule has 1 N–H and O–H groups in total. The molecule has 0 heterocycles. The third-order valence-electron chi connectivity index (χ3n) is 4.58. The lowest BCUT2D eigenvalue weighted by molar-refractivity contribution is 0.267. The highest BCUT2D eigenvalue weighted by atomic mass is 16.5. The van der Waals surface area contributed by atoms with Gasteiger partial charge in [0.1, 0.15) is 11.5 Å². The average Bonchev–Trinajstić information content (AvgIpc) is 2.51. The maximum atomic E-state index is 5.41. The van der Waals surface area contributed by atoms with Crippen LogP contribution in [0, 0.1) is 11.8 Å². The predicted octanol–water partition coefficient (Wildman–Crippen LogP) is 4.01. The normalized spacial score (nSPS) is 22.0. The number of hydrogen-bond donors (Lipinski definition) is 1. The highest BCUT2D eigenvalue weighted by Gasteiger charge is 2.18. The molecule has 2 atom stereocenters. The molecule has 2 rings (SSSR count). The molecule has 1 aliphatic carbocycles. The first-order valence-electron chi connectivity index (χ1n) is 8.14. The van der Waals surface area contributed by atoms with Crippen molar-refractivity contribution in [3.8, 4) is 11.5 Å². The molecule has 3 nitrogen and oxygen atoms in total. The Labute approximate surface area is 129 Å². The fourth-order valence-corrected chi connectivity index (χ4v) is 3.37. The molecule has 0 radical (unpaired) electrons. The summed E-state index contributed by atoms with van der Waals surface area (Å²) in [7, 11) is 3.41. The van der Waals surface area contributed by atoms with Crippen molar-refractivity contribution in [2.45, 2.75) is 45.6 Å². The highest BCUT2D eigenvalue weighted by Crippen LogP contribution is 2.30. The van der Waals surface area contributed by atoms with Gasteiger partial charge in [0, 0.05) is 12.1 Å². The molecule has 0 saturated heterocycles. The summed E-state index contributed by atoms with van der Waals surface area (Å²) < 4.78 is 10.7. The zero-order valence-corrected chi connectivity index (χ0v) is 13.7. The topological polar surface area (TPSA) is 30.5 Å². The molecule has 1 aromatic rings. The van der Waals surface area contributed by atoms with Crippen LogP contribution in [0.25, 0.3) is 0 Å². The largest absolute Gasteiger partial charge is 0.497 e. The van der Waals surface area contributed by atoms with Gasteiger partial charge in [-0.05, 0) is 49.4 Å². The summed E-state index contributed by atoms with van der Waals surface area (Å²) in [6.45, 7) is 4.31. The van der Waals surface area contributed by atoms with Crippen molar-refractivity contribution < 1.29 is 9.47 Å². The summed E-state index contributed by atoms with van der Waals surface area (Å²) in [5.74, 6) is 3.64. The van der Waals surface area contributed by atoms with Crippen LogP contribution in [0.2, 0.25) is 0 Å². The second kappa shape index (κ2) is 8.28. The summed E-state index contributed by atoms with van der Waals surface area (Å²) in [6, 6.07) is 5.96. The summed E-state index contributed by atoms with van der Waals surface area (Å²) in [5, 5.41) is 3.55. The van der Waals surface area contributed by atoms with Crippen LogP contribution in [0.4, 0.5) is 0 Å². The maximum absolute atomic E-state index is 5.41. The molecule has 1 aromatic carbocycles. The molecule has 3 heteroatoms. The van der Waals surface area contributed by atoms with E-state index in [1.807, 2.05) is 12.1 Å². The van der Waals surface area contributed by atoms with Crippen molar-refractivity contribution in [2.75, 3.05) is 20.8 Å². The van der Waals surface area contributed by atoms with E-state index < -0.39 is 0 Å². The standard InChI is InChI=1S/C18H29NO2/c1-14-5-4-6-15(11-14)9-10-19-13-16-12-17(20-2)7-8-18(16)21-3/h7-8,12,14-15,19H,4-6,9-11,13H2,1-3H3. The van der Waals surface area contributed by atoms with E-state index in [9.17, 15) is 0 Å². The number of rotatable bonds is 7. The lowest BCUT2D eigenvalue weighted by atomic mass is 9.81. The van der Waals surface area contributed by atoms with Crippen LogP contribution in [-0.4, -0.2) is 20.8 Å². The van der Waals surface area contributed by atoms with Crippen LogP contribution in [0.3, 0.4) is 0 Å². The van der Waals surface area contributed by atoms with Gasteiger partial charge < -0.3 is 14.8 Å². The molecule has 0 bridgehead atoms. The van der Waals surface area contributed by atoms with E-state index in [4.69, 9.17) is 9.47 Å². The second-order valence-corrected chi connectivity index (χ2v) is 6.28. The molecule has 21 heavy (non-hydrogen) atoms. The average molecular weight is 291 g/mol. The minimum Gasteiger partial charge on any atom is -0.497 e. The molecule has 0 spiro atoms. The van der Waals surface area contributed by atoms with E-state index in [-0.39, 0.29) is 0 Å². The molecule has 0 aromatic heterocycles. The Balaban J connectivity index is 1.77. The number of methoxy groups -OCH3 is 2.